The Bertz CT molecular complexity index is 1630. The maximum absolute atomic E-state index is 11.2. The van der Waals surface area contributed by atoms with Crippen LogP contribution in [0, 0.1) is 0 Å². The largest absolute Gasteiger partial charge is 2.00 e. The number of hydrogen-bond donors (Lipinski definition) is 0. The molecule has 0 aliphatic carbocycles. The van der Waals surface area contributed by atoms with E-state index in [0.717, 1.165) is 98.6 Å². The van der Waals surface area contributed by atoms with Crippen molar-refractivity contribution in [1.29, 1.82) is 0 Å². The first-order chi connectivity index (χ1) is 20.9. The molecule has 4 aromatic rings. The molecule has 0 N–H and O–H groups in total. The Labute approximate surface area is 300 Å². The first kappa shape index (κ1) is 39.7. The van der Waals surface area contributed by atoms with Gasteiger partial charge in [-0.1, -0.05) is 89.8 Å². The van der Waals surface area contributed by atoms with Gasteiger partial charge in [-0.15, -0.1) is 0 Å². The maximum Gasteiger partial charge on any atom is 2.00 e. The first-order valence-electron chi connectivity index (χ1n) is 15.9. The average Bonchev–Trinajstić information content (AvgIpc) is 2.99. The molecule has 0 aliphatic heterocycles. The molecular formula is C36H46CaO6S2. The van der Waals surface area contributed by atoms with Crippen LogP contribution in [0.5, 0.6) is 0 Å². The topological polar surface area (TPSA) is 114 Å². The van der Waals surface area contributed by atoms with E-state index in [-0.39, 0.29) is 47.5 Å². The number of unbranched alkanes of at least 4 members (excludes halogenated alkanes) is 4. The third-order valence-corrected chi connectivity index (χ3v) is 9.80. The minimum atomic E-state index is -4.40. The molecule has 6 nitrogen and oxygen atoms in total. The van der Waals surface area contributed by atoms with E-state index in [2.05, 4.69) is 39.8 Å². The predicted octanol–water partition coefficient (Wildman–Crippen LogP) is 8.48. The summed E-state index contributed by atoms with van der Waals surface area (Å²) >= 11 is 0. The van der Waals surface area contributed by atoms with Crippen molar-refractivity contribution >= 4 is 79.5 Å². The van der Waals surface area contributed by atoms with Crippen LogP contribution in [0.1, 0.15) is 101 Å². The zero-order valence-corrected chi connectivity index (χ0v) is 31.1. The molecule has 0 saturated heterocycles. The zero-order valence-electron chi connectivity index (χ0n) is 27.2. The van der Waals surface area contributed by atoms with Gasteiger partial charge in [0.1, 0.15) is 20.2 Å². The predicted molar refractivity (Wildman–Crippen MR) is 184 cm³/mol. The molecule has 240 valence electrons. The molecule has 0 atom stereocenters. The summed E-state index contributed by atoms with van der Waals surface area (Å²) in [7, 11) is -8.80. The average molecular weight is 679 g/mol. The van der Waals surface area contributed by atoms with Gasteiger partial charge >= 0.3 is 37.7 Å². The number of fused-ring (bicyclic) bond motifs is 2. The summed E-state index contributed by atoms with van der Waals surface area (Å²) in [6.07, 6.45) is 13.2. The monoisotopic (exact) mass is 678 g/mol. The van der Waals surface area contributed by atoms with Crippen molar-refractivity contribution < 1.29 is 25.9 Å². The standard InChI is InChI=1S/2C18H24O3S.Ca/c2*1-3-5-7-14-9-10-15-13-16(22(19,20)21)11-12-18(15)17(14)8-6-4-2;/h2*9-13H,3-8H2,1-2H3,(H,19,20,21);/q;;+2/p-2. The Hall–Kier alpha value is -1.52. The molecule has 4 aromatic carbocycles. The summed E-state index contributed by atoms with van der Waals surface area (Å²) in [4.78, 5) is -0.300. The molecule has 45 heavy (non-hydrogen) atoms. The molecule has 9 heteroatoms. The van der Waals surface area contributed by atoms with Crippen molar-refractivity contribution in [3.8, 4) is 0 Å². The minimum absolute atomic E-state index is 0. The van der Waals surface area contributed by atoms with Gasteiger partial charge in [-0.3, -0.25) is 0 Å². The van der Waals surface area contributed by atoms with Gasteiger partial charge < -0.3 is 9.11 Å². The van der Waals surface area contributed by atoms with Gasteiger partial charge in [0.05, 0.1) is 9.79 Å². The number of hydrogen-bond acceptors (Lipinski definition) is 6. The summed E-state index contributed by atoms with van der Waals surface area (Å²) in [6.45, 7) is 8.69. The molecule has 0 aliphatic rings. The Balaban J connectivity index is 0.000000307. The van der Waals surface area contributed by atoms with Crippen LogP contribution in [-0.4, -0.2) is 63.7 Å². The number of benzene rings is 4. The van der Waals surface area contributed by atoms with Gasteiger partial charge in [0.2, 0.25) is 0 Å². The molecule has 0 heterocycles. The molecule has 0 unspecified atom stereocenters. The maximum atomic E-state index is 11.2. The fourth-order valence-corrected chi connectivity index (χ4v) is 6.66. The van der Waals surface area contributed by atoms with Crippen molar-refractivity contribution in [1.82, 2.24) is 0 Å². The number of rotatable bonds is 14. The van der Waals surface area contributed by atoms with E-state index in [1.807, 2.05) is 12.1 Å². The second-order valence-electron chi connectivity index (χ2n) is 11.5. The molecular weight excluding hydrogens is 633 g/mol. The zero-order chi connectivity index (χ0) is 32.3. The van der Waals surface area contributed by atoms with E-state index in [9.17, 15) is 25.9 Å². The molecule has 0 radical (unpaired) electrons. The van der Waals surface area contributed by atoms with Crippen molar-refractivity contribution in [3.63, 3.8) is 0 Å². The van der Waals surface area contributed by atoms with E-state index in [1.165, 1.54) is 46.5 Å². The van der Waals surface area contributed by atoms with E-state index in [1.54, 1.807) is 12.1 Å². The van der Waals surface area contributed by atoms with E-state index in [4.69, 9.17) is 0 Å². The third-order valence-electron chi connectivity index (χ3n) is 8.14. The summed E-state index contributed by atoms with van der Waals surface area (Å²) < 4.78 is 67.1. The first-order valence-corrected chi connectivity index (χ1v) is 18.8. The van der Waals surface area contributed by atoms with Crippen LogP contribution in [0.25, 0.3) is 21.5 Å². The van der Waals surface area contributed by atoms with Crippen LogP contribution in [0.3, 0.4) is 0 Å². The van der Waals surface area contributed by atoms with Gasteiger partial charge in [0.25, 0.3) is 0 Å². The van der Waals surface area contributed by atoms with E-state index >= 15 is 0 Å². The van der Waals surface area contributed by atoms with Crippen molar-refractivity contribution in [3.05, 3.63) is 82.9 Å². The summed E-state index contributed by atoms with van der Waals surface area (Å²) in [5, 5.41) is 3.83. The van der Waals surface area contributed by atoms with Gasteiger partial charge in [-0.2, -0.15) is 0 Å². The Morgan fingerprint density at radius 2 is 0.822 bits per heavy atom. The van der Waals surface area contributed by atoms with Crippen LogP contribution in [0.2, 0.25) is 0 Å². The molecule has 0 spiro atoms. The summed E-state index contributed by atoms with van der Waals surface area (Å²) in [5.41, 5.74) is 5.31. The van der Waals surface area contributed by atoms with Crippen molar-refractivity contribution in [2.75, 3.05) is 0 Å². The van der Waals surface area contributed by atoms with E-state index in [0.29, 0.717) is 0 Å². The minimum Gasteiger partial charge on any atom is -0.744 e. The Morgan fingerprint density at radius 3 is 1.13 bits per heavy atom. The smallest absolute Gasteiger partial charge is 0.744 e. The van der Waals surface area contributed by atoms with Gasteiger partial charge in [0, 0.05) is 0 Å². The molecule has 0 fully saturated rings. The van der Waals surface area contributed by atoms with Crippen LogP contribution in [0.15, 0.2) is 70.5 Å². The van der Waals surface area contributed by atoms with Crippen molar-refractivity contribution in [2.45, 2.75) is 115 Å². The SMILES string of the molecule is CCCCc1ccc2cc(S(=O)(=O)[O-])ccc2c1CCCC.CCCCc1ccc2cc(S(=O)(=O)[O-])ccc2c1CCCC.[Ca+2]. The molecule has 0 amide bonds. The third kappa shape index (κ3) is 11.3. The van der Waals surface area contributed by atoms with Crippen LogP contribution in [-0.2, 0) is 45.9 Å². The molecule has 0 bridgehead atoms. The Morgan fingerprint density at radius 1 is 0.489 bits per heavy atom. The van der Waals surface area contributed by atoms with Crippen LogP contribution >= 0.6 is 0 Å². The molecule has 4 rings (SSSR count). The molecule has 0 saturated carbocycles. The van der Waals surface area contributed by atoms with Gasteiger partial charge in [-0.05, 0) is 119 Å². The van der Waals surface area contributed by atoms with Crippen LogP contribution in [0.4, 0.5) is 0 Å². The van der Waals surface area contributed by atoms with E-state index < -0.39 is 20.2 Å². The van der Waals surface area contributed by atoms with Gasteiger partial charge in [0.15, 0.2) is 0 Å². The number of aryl methyl sites for hydroxylation is 4. The Kier molecular flexibility index (Phi) is 16.5. The second kappa shape index (κ2) is 18.7. The summed E-state index contributed by atoms with van der Waals surface area (Å²) in [6, 6.07) is 17.5. The molecule has 0 aromatic heterocycles. The summed E-state index contributed by atoms with van der Waals surface area (Å²) in [5.74, 6) is 0. The fourth-order valence-electron chi connectivity index (χ4n) is 5.65. The van der Waals surface area contributed by atoms with Gasteiger partial charge in [-0.25, -0.2) is 16.8 Å². The van der Waals surface area contributed by atoms with Crippen molar-refractivity contribution in [2.24, 2.45) is 0 Å². The quantitative estimate of drug-likeness (QED) is 0.0976. The van der Waals surface area contributed by atoms with Crippen LogP contribution < -0.4 is 0 Å². The normalized spacial score (nSPS) is 11.7. The fraction of sp³-hybridized carbons (Fsp3) is 0.444. The second-order valence-corrected chi connectivity index (χ2v) is 14.3.